The number of nitrogens with zero attached hydrogens (tertiary/aromatic N) is 6. The number of benzene rings is 2. The first-order chi connectivity index (χ1) is 18.8. The molecule has 6 rings (SSSR count). The van der Waals surface area contributed by atoms with Crippen LogP contribution in [0, 0.1) is 12.8 Å². The molecule has 9 nitrogen and oxygen atoms in total. The molecule has 39 heavy (non-hydrogen) atoms. The van der Waals surface area contributed by atoms with Crippen molar-refractivity contribution in [1.29, 1.82) is 0 Å². The zero-order chi connectivity index (χ0) is 27.3. The third kappa shape index (κ3) is 4.17. The highest BCUT2D eigenvalue weighted by Crippen LogP contribution is 2.42. The molecule has 0 bridgehead atoms. The second kappa shape index (κ2) is 9.36. The van der Waals surface area contributed by atoms with Gasteiger partial charge in [-0.05, 0) is 48.4 Å². The molecule has 0 saturated carbocycles. The van der Waals surface area contributed by atoms with Gasteiger partial charge in [0.25, 0.3) is 5.91 Å². The number of hydrogen-bond donors (Lipinski definition) is 1. The molecule has 9 heteroatoms. The zero-order valence-corrected chi connectivity index (χ0v) is 21.9. The number of amides is 1. The first kappa shape index (κ1) is 24.3. The zero-order valence-electron chi connectivity index (χ0n) is 21.9. The van der Waals surface area contributed by atoms with Crippen LogP contribution in [0.3, 0.4) is 0 Å². The van der Waals surface area contributed by atoms with Gasteiger partial charge < -0.3 is 19.9 Å². The molecule has 0 aliphatic carbocycles. The Kier molecular flexibility index (Phi) is 5.83. The lowest BCUT2D eigenvalue weighted by Gasteiger charge is -2.17. The monoisotopic (exact) mass is 517 g/mol. The molecule has 1 aliphatic heterocycles. The van der Waals surface area contributed by atoms with E-state index in [0.29, 0.717) is 29.7 Å². The molecule has 0 spiro atoms. The van der Waals surface area contributed by atoms with E-state index in [1.807, 2.05) is 80.1 Å². The minimum absolute atomic E-state index is 0.0260. The van der Waals surface area contributed by atoms with Crippen LogP contribution in [0.5, 0.6) is 11.8 Å². The van der Waals surface area contributed by atoms with Gasteiger partial charge in [-0.2, -0.15) is 0 Å². The second-order valence-electron chi connectivity index (χ2n) is 9.74. The molecular weight excluding hydrogens is 490 g/mol. The fraction of sp³-hybridized carbons (Fsp3) is 0.167. The summed E-state index contributed by atoms with van der Waals surface area (Å²) in [6.45, 7) is 8.48. The molecule has 1 saturated heterocycles. The molecule has 194 valence electrons. The van der Waals surface area contributed by atoms with Gasteiger partial charge in [-0.25, -0.2) is 19.9 Å². The second-order valence-corrected chi connectivity index (χ2v) is 9.74. The van der Waals surface area contributed by atoms with E-state index in [1.165, 1.54) is 6.33 Å². The lowest BCUT2D eigenvalue weighted by atomic mass is 9.98. The van der Waals surface area contributed by atoms with Crippen LogP contribution in [-0.2, 0) is 11.8 Å². The number of fused-ring (bicyclic) bond motifs is 1. The number of carbonyl (C=O) groups is 1. The lowest BCUT2D eigenvalue weighted by molar-refractivity contribution is -0.114. The summed E-state index contributed by atoms with van der Waals surface area (Å²) >= 11 is 0. The molecule has 3 aromatic heterocycles. The molecule has 0 radical (unpaired) electrons. The summed E-state index contributed by atoms with van der Waals surface area (Å²) in [6, 6.07) is 17.8. The number of nitrogens with two attached hydrogens (primary N) is 1. The lowest BCUT2D eigenvalue weighted by Crippen LogP contribution is -2.24. The summed E-state index contributed by atoms with van der Waals surface area (Å²) in [5.74, 6) is 1.12. The number of anilines is 2. The maximum absolute atomic E-state index is 12.7. The largest absolute Gasteiger partial charge is 0.424 e. The molecule has 2 N–H and O–H groups in total. The third-order valence-electron chi connectivity index (χ3n) is 7.14. The van der Waals surface area contributed by atoms with Gasteiger partial charge in [-0.1, -0.05) is 37.8 Å². The Morgan fingerprint density at radius 2 is 1.72 bits per heavy atom. The average molecular weight is 518 g/mol. The summed E-state index contributed by atoms with van der Waals surface area (Å²) < 4.78 is 7.87. The van der Waals surface area contributed by atoms with E-state index in [1.54, 1.807) is 11.1 Å². The topological polar surface area (TPSA) is 112 Å². The van der Waals surface area contributed by atoms with Crippen molar-refractivity contribution in [3.05, 3.63) is 85.0 Å². The van der Waals surface area contributed by atoms with Crippen molar-refractivity contribution >= 4 is 28.4 Å². The van der Waals surface area contributed by atoms with Gasteiger partial charge in [0.1, 0.15) is 23.5 Å². The van der Waals surface area contributed by atoms with E-state index >= 15 is 0 Å². The number of aromatic nitrogens is 5. The first-order valence-electron chi connectivity index (χ1n) is 12.6. The molecular formula is C30H27N7O2. The van der Waals surface area contributed by atoms with Gasteiger partial charge in [-0.3, -0.25) is 4.79 Å². The van der Waals surface area contributed by atoms with E-state index in [9.17, 15) is 4.79 Å². The van der Waals surface area contributed by atoms with Crippen molar-refractivity contribution in [1.82, 2.24) is 24.5 Å². The summed E-state index contributed by atoms with van der Waals surface area (Å²) in [7, 11) is 1.96. The van der Waals surface area contributed by atoms with Gasteiger partial charge in [-0.15, -0.1) is 0 Å². The molecule has 2 aromatic carbocycles. The van der Waals surface area contributed by atoms with Crippen molar-refractivity contribution in [2.75, 3.05) is 17.2 Å². The maximum Gasteiger partial charge on any atom is 0.322 e. The number of rotatable bonds is 5. The molecule has 4 heterocycles. The minimum atomic E-state index is -0.0260. The average Bonchev–Trinajstić information content (AvgIpc) is 3.38. The van der Waals surface area contributed by atoms with Crippen molar-refractivity contribution < 1.29 is 9.53 Å². The summed E-state index contributed by atoms with van der Waals surface area (Å²) in [5.41, 5.74) is 13.2. The highest BCUT2D eigenvalue weighted by molar-refractivity contribution is 6.09. The fourth-order valence-corrected chi connectivity index (χ4v) is 5.04. The van der Waals surface area contributed by atoms with E-state index in [0.717, 1.165) is 44.8 Å². The van der Waals surface area contributed by atoms with E-state index < -0.39 is 0 Å². The van der Waals surface area contributed by atoms with Crippen LogP contribution in [0.1, 0.15) is 12.6 Å². The molecule has 1 amide bonds. The normalized spacial score (nSPS) is 15.4. The smallest absolute Gasteiger partial charge is 0.322 e. The van der Waals surface area contributed by atoms with Crippen molar-refractivity contribution in [2.45, 2.75) is 13.8 Å². The third-order valence-corrected chi connectivity index (χ3v) is 7.14. The summed E-state index contributed by atoms with van der Waals surface area (Å²) in [5, 5.41) is 0.773. The van der Waals surface area contributed by atoms with Crippen LogP contribution in [0.15, 0.2) is 79.3 Å². The van der Waals surface area contributed by atoms with Crippen LogP contribution >= 0.6 is 0 Å². The van der Waals surface area contributed by atoms with E-state index in [2.05, 4.69) is 26.5 Å². The summed E-state index contributed by atoms with van der Waals surface area (Å²) in [4.78, 5) is 31.7. The Labute approximate surface area is 225 Å². The standard InChI is InChI=1S/C30H27N7O2/c1-17-15-37(29(38)19(17)3)22-9-5-21(6-10-22)26-24(25-27(31)33-16-34-28(25)36(26)4)20-7-11-23(12-8-20)39-30-32-14-13-18(2)35-30/h5-14,16-17H,3,15H2,1-2,4H3,(H2,31,33,34)/t17-/m1/s1. The number of carbonyl (C=O) groups excluding carboxylic acids is 1. The highest BCUT2D eigenvalue weighted by Gasteiger charge is 2.31. The Balaban J connectivity index is 1.42. The van der Waals surface area contributed by atoms with Gasteiger partial charge >= 0.3 is 6.01 Å². The fourth-order valence-electron chi connectivity index (χ4n) is 5.04. The Bertz CT molecular complexity index is 1740. The molecule has 1 atom stereocenters. The predicted octanol–water partition coefficient (Wildman–Crippen LogP) is 5.31. The number of nitrogen functional groups attached to an aromatic ring is 1. The van der Waals surface area contributed by atoms with Crippen molar-refractivity contribution in [3.63, 3.8) is 0 Å². The molecule has 5 aromatic rings. The highest BCUT2D eigenvalue weighted by atomic mass is 16.5. The minimum Gasteiger partial charge on any atom is -0.424 e. The van der Waals surface area contributed by atoms with Crippen LogP contribution in [0.25, 0.3) is 33.4 Å². The van der Waals surface area contributed by atoms with E-state index in [-0.39, 0.29) is 11.8 Å². The number of hydrogen-bond acceptors (Lipinski definition) is 7. The number of ether oxygens (including phenoxy) is 1. The Hall–Kier alpha value is -5.05. The Morgan fingerprint density at radius 3 is 2.38 bits per heavy atom. The van der Waals surface area contributed by atoms with Crippen molar-refractivity contribution in [2.24, 2.45) is 13.0 Å². The first-order valence-corrected chi connectivity index (χ1v) is 12.6. The molecule has 1 aliphatic rings. The van der Waals surface area contributed by atoms with Crippen LogP contribution in [0.2, 0.25) is 0 Å². The van der Waals surface area contributed by atoms with Gasteiger partial charge in [0.05, 0.1) is 11.1 Å². The van der Waals surface area contributed by atoms with Crippen molar-refractivity contribution in [3.8, 4) is 34.1 Å². The summed E-state index contributed by atoms with van der Waals surface area (Å²) in [6.07, 6.45) is 3.14. The van der Waals surface area contributed by atoms with Crippen LogP contribution < -0.4 is 15.4 Å². The quantitative estimate of drug-likeness (QED) is 0.314. The van der Waals surface area contributed by atoms with Gasteiger partial charge in [0.15, 0.2) is 0 Å². The molecule has 0 unspecified atom stereocenters. The SMILES string of the molecule is C=C1C(=O)N(c2ccc(-c3c(-c4ccc(Oc5nccc(C)n5)cc4)c4c(N)ncnc4n3C)cc2)C[C@H]1C. The predicted molar refractivity (Wildman–Crippen MR) is 151 cm³/mol. The molecule has 1 fully saturated rings. The van der Waals surface area contributed by atoms with Gasteiger partial charge in [0.2, 0.25) is 0 Å². The number of aryl methyl sites for hydroxylation is 2. The van der Waals surface area contributed by atoms with E-state index in [4.69, 9.17) is 10.5 Å². The van der Waals surface area contributed by atoms with Gasteiger partial charge in [0, 0.05) is 48.2 Å². The Morgan fingerprint density at radius 1 is 1.00 bits per heavy atom. The van der Waals surface area contributed by atoms with Crippen LogP contribution in [-0.4, -0.2) is 37.0 Å². The maximum atomic E-state index is 12.7. The van der Waals surface area contributed by atoms with Crippen LogP contribution in [0.4, 0.5) is 11.5 Å².